The van der Waals surface area contributed by atoms with E-state index in [1.807, 2.05) is 11.3 Å². The van der Waals surface area contributed by atoms with E-state index in [9.17, 15) is 0 Å². The van der Waals surface area contributed by atoms with Gasteiger partial charge in [0.05, 0.1) is 25.1 Å². The zero-order valence-electron chi connectivity index (χ0n) is 17.0. The van der Waals surface area contributed by atoms with Crippen LogP contribution in [0.1, 0.15) is 36.0 Å². The van der Waals surface area contributed by atoms with Crippen LogP contribution in [0.2, 0.25) is 0 Å². The molecule has 0 saturated carbocycles. The number of aromatic nitrogens is 2. The second-order valence-electron chi connectivity index (χ2n) is 8.16. The van der Waals surface area contributed by atoms with Crippen LogP contribution in [0.15, 0.2) is 0 Å². The normalized spacial score (nSPS) is 22.0. The number of aryl methyl sites for hydroxylation is 2. The third-order valence-electron chi connectivity index (χ3n) is 6.43. The van der Waals surface area contributed by atoms with Gasteiger partial charge in [0.2, 0.25) is 0 Å². The van der Waals surface area contributed by atoms with Gasteiger partial charge in [-0.15, -0.1) is 11.3 Å². The van der Waals surface area contributed by atoms with Crippen LogP contribution in [0.5, 0.6) is 0 Å². The number of likely N-dealkylation sites (N-methyl/N-ethyl adjacent to an activating group) is 1. The fourth-order valence-corrected chi connectivity index (χ4v) is 5.99. The summed E-state index contributed by atoms with van der Waals surface area (Å²) in [6.45, 7) is 12.2. The number of fused-ring (bicyclic) bond motifs is 3. The zero-order chi connectivity index (χ0) is 18.9. The van der Waals surface area contributed by atoms with E-state index in [1.165, 1.54) is 41.7 Å². The smallest absolute Gasteiger partial charge is 0.146 e. The van der Waals surface area contributed by atoms with E-state index in [4.69, 9.17) is 14.7 Å². The van der Waals surface area contributed by atoms with Gasteiger partial charge in [-0.1, -0.05) is 6.92 Å². The summed E-state index contributed by atoms with van der Waals surface area (Å²) in [7, 11) is 0. The van der Waals surface area contributed by atoms with Crippen molar-refractivity contribution in [1.82, 2.24) is 19.8 Å². The van der Waals surface area contributed by atoms with Gasteiger partial charge in [-0.25, -0.2) is 9.97 Å². The topological polar surface area (TPSA) is 44.7 Å². The maximum atomic E-state index is 5.51. The summed E-state index contributed by atoms with van der Waals surface area (Å²) in [5, 5.41) is 1.37. The Morgan fingerprint density at radius 1 is 0.929 bits per heavy atom. The highest BCUT2D eigenvalue weighted by atomic mass is 32.1. The van der Waals surface area contributed by atoms with Gasteiger partial charge >= 0.3 is 0 Å². The zero-order valence-corrected chi connectivity index (χ0v) is 17.8. The minimum atomic E-state index is 0.821. The molecular formula is C21H31N5OS. The second-order valence-corrected chi connectivity index (χ2v) is 9.25. The van der Waals surface area contributed by atoms with E-state index >= 15 is 0 Å². The minimum absolute atomic E-state index is 0.821. The first-order valence-electron chi connectivity index (χ1n) is 10.9. The first-order valence-corrected chi connectivity index (χ1v) is 11.7. The molecule has 2 aliphatic heterocycles. The first-order chi connectivity index (χ1) is 13.8. The average Bonchev–Trinajstić information content (AvgIpc) is 3.12. The van der Waals surface area contributed by atoms with E-state index < -0.39 is 0 Å². The molecule has 28 heavy (non-hydrogen) atoms. The lowest BCUT2D eigenvalue weighted by Gasteiger charge is -2.35. The molecule has 5 rings (SSSR count). The standard InChI is InChI=1S/C21H31N5OS/c1-2-24-7-9-26(10-8-24)20-19-16-5-3-4-6-17(16)28-21(19)23-18(22-20)15-25-11-13-27-14-12-25/h2-15H2,1H3. The maximum Gasteiger partial charge on any atom is 0.146 e. The molecule has 152 valence electrons. The Morgan fingerprint density at radius 3 is 2.50 bits per heavy atom. The third kappa shape index (κ3) is 3.65. The summed E-state index contributed by atoms with van der Waals surface area (Å²) in [4.78, 5) is 20.5. The fraction of sp³-hybridized carbons (Fsp3) is 0.714. The molecule has 4 heterocycles. The molecule has 0 atom stereocenters. The molecule has 1 aliphatic carbocycles. The maximum absolute atomic E-state index is 5.51. The number of ether oxygens (including phenoxy) is 1. The molecule has 2 aromatic heterocycles. The Kier molecular flexibility index (Phi) is 5.50. The molecule has 0 aromatic carbocycles. The number of rotatable bonds is 4. The van der Waals surface area contributed by atoms with Crippen molar-refractivity contribution in [2.75, 3.05) is 63.9 Å². The molecule has 0 amide bonds. The molecule has 2 fully saturated rings. The predicted molar refractivity (Wildman–Crippen MR) is 114 cm³/mol. The van der Waals surface area contributed by atoms with Crippen molar-refractivity contribution in [3.63, 3.8) is 0 Å². The summed E-state index contributed by atoms with van der Waals surface area (Å²) >= 11 is 1.93. The Morgan fingerprint density at radius 2 is 1.71 bits per heavy atom. The first kappa shape index (κ1) is 18.7. The minimum Gasteiger partial charge on any atom is -0.379 e. The van der Waals surface area contributed by atoms with Crippen molar-refractivity contribution in [2.45, 2.75) is 39.2 Å². The van der Waals surface area contributed by atoms with E-state index in [0.717, 1.165) is 71.4 Å². The Labute approximate surface area is 171 Å². The highest BCUT2D eigenvalue weighted by Gasteiger charge is 2.26. The van der Waals surface area contributed by atoms with Crippen molar-refractivity contribution >= 4 is 27.4 Å². The molecule has 7 heteroatoms. The van der Waals surface area contributed by atoms with Crippen molar-refractivity contribution in [1.29, 1.82) is 0 Å². The number of anilines is 1. The molecule has 0 N–H and O–H groups in total. The van der Waals surface area contributed by atoms with E-state index in [0.29, 0.717) is 0 Å². The third-order valence-corrected chi connectivity index (χ3v) is 7.62. The Balaban J connectivity index is 1.51. The van der Waals surface area contributed by atoms with Crippen molar-refractivity contribution in [3.05, 3.63) is 16.3 Å². The van der Waals surface area contributed by atoms with Crippen LogP contribution in [0, 0.1) is 0 Å². The van der Waals surface area contributed by atoms with Gasteiger partial charge < -0.3 is 14.5 Å². The summed E-state index contributed by atoms with van der Waals surface area (Å²) in [6.07, 6.45) is 5.04. The highest BCUT2D eigenvalue weighted by Crippen LogP contribution is 2.40. The van der Waals surface area contributed by atoms with Gasteiger partial charge in [-0.3, -0.25) is 4.90 Å². The van der Waals surface area contributed by atoms with Gasteiger partial charge in [-0.2, -0.15) is 0 Å². The van der Waals surface area contributed by atoms with Gasteiger partial charge in [-0.05, 0) is 37.8 Å². The molecule has 2 aromatic rings. The molecule has 3 aliphatic rings. The number of thiophene rings is 1. The molecule has 0 spiro atoms. The van der Waals surface area contributed by atoms with E-state index in [-0.39, 0.29) is 0 Å². The number of hydrogen-bond donors (Lipinski definition) is 0. The fourth-order valence-electron chi connectivity index (χ4n) is 4.72. The summed E-state index contributed by atoms with van der Waals surface area (Å²) in [5.41, 5.74) is 1.55. The quantitative estimate of drug-likeness (QED) is 0.785. The molecule has 0 radical (unpaired) electrons. The van der Waals surface area contributed by atoms with Gasteiger partial charge in [0.25, 0.3) is 0 Å². The van der Waals surface area contributed by atoms with Crippen molar-refractivity contribution in [2.24, 2.45) is 0 Å². The summed E-state index contributed by atoms with van der Waals surface area (Å²) in [6, 6.07) is 0. The lowest BCUT2D eigenvalue weighted by atomic mass is 9.97. The predicted octanol–water partition coefficient (Wildman–Crippen LogP) is 2.54. The van der Waals surface area contributed by atoms with Crippen LogP contribution in [-0.2, 0) is 24.1 Å². The number of nitrogens with zero attached hydrogens (tertiary/aromatic N) is 5. The lowest BCUT2D eigenvalue weighted by Crippen LogP contribution is -2.46. The van der Waals surface area contributed by atoms with E-state index in [2.05, 4.69) is 21.6 Å². The molecule has 0 bridgehead atoms. The SMILES string of the molecule is CCN1CCN(c2nc(CN3CCOCC3)nc3sc4c(c23)CCCC4)CC1. The molecule has 6 nitrogen and oxygen atoms in total. The molecular weight excluding hydrogens is 370 g/mol. The Hall–Kier alpha value is -1.28. The number of morpholine rings is 1. The van der Waals surface area contributed by atoms with Crippen LogP contribution in [0.4, 0.5) is 5.82 Å². The monoisotopic (exact) mass is 401 g/mol. The van der Waals surface area contributed by atoms with Crippen LogP contribution in [0.3, 0.4) is 0 Å². The largest absolute Gasteiger partial charge is 0.379 e. The number of piperazine rings is 1. The van der Waals surface area contributed by atoms with Crippen molar-refractivity contribution in [3.8, 4) is 0 Å². The van der Waals surface area contributed by atoms with Gasteiger partial charge in [0.1, 0.15) is 16.5 Å². The lowest BCUT2D eigenvalue weighted by molar-refractivity contribution is 0.0331. The van der Waals surface area contributed by atoms with Crippen LogP contribution in [0.25, 0.3) is 10.2 Å². The van der Waals surface area contributed by atoms with Gasteiger partial charge in [0.15, 0.2) is 0 Å². The molecule has 2 saturated heterocycles. The summed E-state index contributed by atoms with van der Waals surface area (Å²) < 4.78 is 5.51. The van der Waals surface area contributed by atoms with Crippen molar-refractivity contribution < 1.29 is 4.74 Å². The number of hydrogen-bond acceptors (Lipinski definition) is 7. The average molecular weight is 402 g/mol. The Bertz CT molecular complexity index is 824. The van der Waals surface area contributed by atoms with Crippen LogP contribution < -0.4 is 4.90 Å². The second kappa shape index (κ2) is 8.22. The van der Waals surface area contributed by atoms with Crippen LogP contribution >= 0.6 is 11.3 Å². The van der Waals surface area contributed by atoms with Gasteiger partial charge in [0, 0.05) is 44.1 Å². The highest BCUT2D eigenvalue weighted by molar-refractivity contribution is 7.19. The van der Waals surface area contributed by atoms with Crippen LogP contribution in [-0.4, -0.2) is 78.8 Å². The molecule has 0 unspecified atom stereocenters. The van der Waals surface area contributed by atoms with E-state index in [1.54, 1.807) is 10.4 Å². The summed E-state index contributed by atoms with van der Waals surface area (Å²) in [5.74, 6) is 2.20.